The molecule has 20 heavy (non-hydrogen) atoms. The van der Waals surface area contributed by atoms with Crippen molar-refractivity contribution in [3.8, 4) is 0 Å². The number of hydrogen-bond acceptors (Lipinski definition) is 2. The zero-order valence-electron chi connectivity index (χ0n) is 10.8. The number of aliphatic hydroxyl groups excluding tert-OH is 1. The number of halogens is 3. The fraction of sp³-hybridized carbons (Fsp3) is 0.500. The molecule has 0 saturated heterocycles. The first kappa shape index (κ1) is 16.3. The van der Waals surface area contributed by atoms with E-state index in [1.165, 1.54) is 0 Å². The van der Waals surface area contributed by atoms with Crippen LogP contribution in [0.15, 0.2) is 12.1 Å². The highest BCUT2D eigenvalue weighted by Gasteiger charge is 2.27. The predicted octanol–water partition coefficient (Wildman–Crippen LogP) is 3.74. The van der Waals surface area contributed by atoms with Crippen molar-refractivity contribution in [2.45, 2.75) is 19.3 Å². The lowest BCUT2D eigenvalue weighted by atomic mass is 9.97. The number of aliphatic hydroxyl groups is 1. The summed E-state index contributed by atoms with van der Waals surface area (Å²) in [6, 6.07) is 3.25. The second-order valence-electron chi connectivity index (χ2n) is 5.09. The Bertz CT molecular complexity index is 510. The van der Waals surface area contributed by atoms with Gasteiger partial charge in [0.15, 0.2) is 0 Å². The minimum absolute atomic E-state index is 0.164. The average Bonchev–Trinajstić information content (AvgIpc) is 2.87. The summed E-state index contributed by atoms with van der Waals surface area (Å²) >= 11 is 14.0. The summed E-state index contributed by atoms with van der Waals surface area (Å²) in [6.45, 7) is 0.783. The van der Waals surface area contributed by atoms with Crippen LogP contribution in [-0.2, 0) is 0 Å². The molecular weight excluding hydrogens is 412 g/mol. The van der Waals surface area contributed by atoms with Crippen LogP contribution in [0.5, 0.6) is 0 Å². The minimum atomic E-state index is -0.164. The van der Waals surface area contributed by atoms with Gasteiger partial charge >= 0.3 is 0 Å². The number of rotatable bonds is 4. The molecule has 2 unspecified atom stereocenters. The van der Waals surface area contributed by atoms with E-state index in [9.17, 15) is 9.90 Å². The summed E-state index contributed by atoms with van der Waals surface area (Å²) in [6.07, 6.45) is 3.21. The molecule has 2 N–H and O–H groups in total. The average molecular weight is 428 g/mol. The molecule has 1 saturated carbocycles. The van der Waals surface area contributed by atoms with Crippen LogP contribution in [0.1, 0.15) is 29.6 Å². The molecule has 0 bridgehead atoms. The van der Waals surface area contributed by atoms with E-state index in [2.05, 4.69) is 5.32 Å². The highest BCUT2D eigenvalue weighted by Crippen LogP contribution is 2.31. The van der Waals surface area contributed by atoms with Gasteiger partial charge in [0.2, 0.25) is 0 Å². The molecule has 6 heteroatoms. The molecule has 0 aromatic heterocycles. The summed E-state index contributed by atoms with van der Waals surface area (Å²) in [5.74, 6) is 0.496. The molecule has 2 atom stereocenters. The maximum absolute atomic E-state index is 12.2. The second-order valence-corrected chi connectivity index (χ2v) is 7.02. The molecule has 1 amide bonds. The van der Waals surface area contributed by atoms with E-state index < -0.39 is 0 Å². The van der Waals surface area contributed by atoms with Crippen molar-refractivity contribution in [1.82, 2.24) is 5.32 Å². The van der Waals surface area contributed by atoms with Crippen molar-refractivity contribution in [1.29, 1.82) is 0 Å². The van der Waals surface area contributed by atoms with Gasteiger partial charge in [-0.1, -0.05) is 29.6 Å². The third-order valence-corrected chi connectivity index (χ3v) is 5.81. The number of carbonyl (C=O) groups excluding carboxylic acids is 1. The quantitative estimate of drug-likeness (QED) is 0.568. The van der Waals surface area contributed by atoms with Gasteiger partial charge in [0.25, 0.3) is 5.91 Å². The van der Waals surface area contributed by atoms with Crippen LogP contribution in [-0.4, -0.2) is 24.2 Å². The zero-order valence-corrected chi connectivity index (χ0v) is 14.5. The number of carbonyl (C=O) groups is 1. The van der Waals surface area contributed by atoms with Gasteiger partial charge in [0.05, 0.1) is 10.6 Å². The molecule has 0 spiro atoms. The smallest absolute Gasteiger partial charge is 0.252 e. The zero-order chi connectivity index (χ0) is 14.7. The van der Waals surface area contributed by atoms with Crippen molar-refractivity contribution in [3.63, 3.8) is 0 Å². The molecule has 0 aliphatic heterocycles. The van der Waals surface area contributed by atoms with Crippen LogP contribution >= 0.6 is 45.8 Å². The summed E-state index contributed by atoms with van der Waals surface area (Å²) in [5.41, 5.74) is 0.502. The topological polar surface area (TPSA) is 49.3 Å². The van der Waals surface area contributed by atoms with Crippen molar-refractivity contribution < 1.29 is 9.90 Å². The lowest BCUT2D eigenvalue weighted by Gasteiger charge is -2.18. The van der Waals surface area contributed by atoms with Gasteiger partial charge in [-0.2, -0.15) is 0 Å². The van der Waals surface area contributed by atoms with E-state index in [1.54, 1.807) is 12.1 Å². The van der Waals surface area contributed by atoms with Gasteiger partial charge in [-0.05, 0) is 59.4 Å². The van der Waals surface area contributed by atoms with Crippen LogP contribution in [0, 0.1) is 15.4 Å². The Labute approximate surface area is 142 Å². The maximum atomic E-state index is 12.2. The maximum Gasteiger partial charge on any atom is 0.252 e. The summed E-state index contributed by atoms with van der Waals surface area (Å²) in [5, 5.41) is 13.2. The Balaban J connectivity index is 2.02. The largest absolute Gasteiger partial charge is 0.396 e. The minimum Gasteiger partial charge on any atom is -0.396 e. The Morgan fingerprint density at radius 1 is 1.35 bits per heavy atom. The first-order valence-corrected chi connectivity index (χ1v) is 8.40. The van der Waals surface area contributed by atoms with E-state index in [1.807, 2.05) is 22.6 Å². The predicted molar refractivity (Wildman–Crippen MR) is 89.4 cm³/mol. The summed E-state index contributed by atoms with van der Waals surface area (Å²) in [4.78, 5) is 12.2. The van der Waals surface area contributed by atoms with Gasteiger partial charge < -0.3 is 10.4 Å². The normalized spacial score (nSPS) is 22.0. The molecule has 0 radical (unpaired) electrons. The van der Waals surface area contributed by atoms with Crippen molar-refractivity contribution >= 4 is 51.7 Å². The van der Waals surface area contributed by atoms with Crippen LogP contribution < -0.4 is 5.32 Å². The van der Waals surface area contributed by atoms with Crippen molar-refractivity contribution in [3.05, 3.63) is 31.3 Å². The van der Waals surface area contributed by atoms with Crippen LogP contribution in [0.25, 0.3) is 0 Å². The van der Waals surface area contributed by atoms with Crippen LogP contribution in [0.4, 0.5) is 0 Å². The van der Waals surface area contributed by atoms with E-state index in [4.69, 9.17) is 23.2 Å². The Hall–Kier alpha value is -0.0400. The lowest BCUT2D eigenvalue weighted by Crippen LogP contribution is -2.32. The molecular formula is C14H16Cl2INO2. The molecule has 1 aliphatic carbocycles. The molecule has 3 nitrogen and oxygen atoms in total. The number of amides is 1. The van der Waals surface area contributed by atoms with Crippen LogP contribution in [0.2, 0.25) is 10.0 Å². The third-order valence-electron chi connectivity index (χ3n) is 3.81. The number of benzene rings is 1. The number of hydrogen-bond donors (Lipinski definition) is 2. The van der Waals surface area contributed by atoms with Gasteiger partial charge in [-0.25, -0.2) is 0 Å². The molecule has 0 heterocycles. The SMILES string of the molecule is O=C(NCC1CCCC1CO)c1cc(Cl)cc(Cl)c1I. The van der Waals surface area contributed by atoms with E-state index >= 15 is 0 Å². The molecule has 1 aromatic carbocycles. The standard InChI is InChI=1S/C14H16Cl2INO2/c15-10-4-11(13(17)12(16)5-10)14(20)18-6-8-2-1-3-9(8)7-19/h4-5,8-9,19H,1-3,6-7H2,(H,18,20). The number of nitrogens with one attached hydrogen (secondary N) is 1. The Morgan fingerprint density at radius 3 is 2.75 bits per heavy atom. The van der Waals surface area contributed by atoms with Gasteiger partial charge in [0.1, 0.15) is 0 Å². The highest BCUT2D eigenvalue weighted by atomic mass is 127. The molecule has 110 valence electrons. The van der Waals surface area contributed by atoms with Crippen LogP contribution in [0.3, 0.4) is 0 Å². The van der Waals surface area contributed by atoms with Crippen molar-refractivity contribution in [2.24, 2.45) is 11.8 Å². The molecule has 1 aromatic rings. The third kappa shape index (κ3) is 3.78. The van der Waals surface area contributed by atoms with Gasteiger partial charge in [-0.15, -0.1) is 0 Å². The first-order chi connectivity index (χ1) is 9.52. The molecule has 1 aliphatic rings. The Kier molecular flexibility index (Phi) is 5.95. The fourth-order valence-electron chi connectivity index (χ4n) is 2.66. The molecule has 2 rings (SSSR count). The highest BCUT2D eigenvalue weighted by molar-refractivity contribution is 14.1. The van der Waals surface area contributed by atoms with Crippen molar-refractivity contribution in [2.75, 3.05) is 13.2 Å². The van der Waals surface area contributed by atoms with E-state index in [0.717, 1.165) is 19.3 Å². The van der Waals surface area contributed by atoms with E-state index in [-0.39, 0.29) is 12.5 Å². The molecule has 1 fully saturated rings. The summed E-state index contributed by atoms with van der Waals surface area (Å²) in [7, 11) is 0. The second kappa shape index (κ2) is 7.29. The van der Waals surface area contributed by atoms with E-state index in [0.29, 0.717) is 37.6 Å². The monoisotopic (exact) mass is 427 g/mol. The first-order valence-electron chi connectivity index (χ1n) is 6.56. The van der Waals surface area contributed by atoms with Gasteiger partial charge in [-0.3, -0.25) is 4.79 Å². The van der Waals surface area contributed by atoms with Gasteiger partial charge in [0, 0.05) is 21.7 Å². The fourth-order valence-corrected chi connectivity index (χ4v) is 3.71. The lowest BCUT2D eigenvalue weighted by molar-refractivity contribution is 0.0937. The Morgan fingerprint density at radius 2 is 2.05 bits per heavy atom. The summed E-state index contributed by atoms with van der Waals surface area (Å²) < 4.78 is 0.705.